The quantitative estimate of drug-likeness (QED) is 0.385. The van der Waals surface area contributed by atoms with Crippen LogP contribution < -0.4 is 10.5 Å². The van der Waals surface area contributed by atoms with Gasteiger partial charge in [-0.1, -0.05) is 5.16 Å². The Bertz CT molecular complexity index is 823. The number of nitrogens with two attached hydrogens (primary N) is 1. The average molecular weight is 347 g/mol. The highest BCUT2D eigenvalue weighted by molar-refractivity contribution is 5.96. The number of rotatable bonds is 5. The zero-order chi connectivity index (χ0) is 17.8. The van der Waals surface area contributed by atoms with E-state index in [-0.39, 0.29) is 37.3 Å². The molecule has 0 fully saturated rings. The van der Waals surface area contributed by atoms with Crippen LogP contribution in [0.3, 0.4) is 0 Å². The van der Waals surface area contributed by atoms with Crippen LogP contribution in [0.5, 0.6) is 5.75 Å². The second kappa shape index (κ2) is 7.14. The summed E-state index contributed by atoms with van der Waals surface area (Å²) in [7, 11) is 0. The van der Waals surface area contributed by atoms with Gasteiger partial charge >= 0.3 is 0 Å². The molecule has 25 heavy (non-hydrogen) atoms. The molecule has 0 aromatic heterocycles. The second-order valence-electron chi connectivity index (χ2n) is 5.22. The van der Waals surface area contributed by atoms with Crippen LogP contribution >= 0.6 is 0 Å². The third-order valence-corrected chi connectivity index (χ3v) is 3.51. The van der Waals surface area contributed by atoms with E-state index in [0.717, 1.165) is 0 Å². The maximum absolute atomic E-state index is 12.9. The number of nitrogens with zero attached hydrogens (tertiary/aromatic N) is 2. The number of non-ortho nitro benzene ring substituents is 1. The van der Waals surface area contributed by atoms with Gasteiger partial charge in [-0.15, -0.1) is 0 Å². The Morgan fingerprint density at radius 2 is 2.12 bits per heavy atom. The predicted molar refractivity (Wildman–Crippen MR) is 85.3 cm³/mol. The molecule has 2 N–H and O–H groups in total. The van der Waals surface area contributed by atoms with E-state index in [9.17, 15) is 14.5 Å². The predicted octanol–water partition coefficient (Wildman–Crippen LogP) is 2.44. The topological polar surface area (TPSA) is 109 Å². The molecule has 1 aliphatic rings. The molecule has 8 nitrogen and oxygen atoms in total. The van der Waals surface area contributed by atoms with E-state index in [2.05, 4.69) is 5.16 Å². The fraction of sp³-hybridized carbons (Fsp3) is 0.188. The van der Waals surface area contributed by atoms with Crippen molar-refractivity contribution < 1.29 is 23.6 Å². The van der Waals surface area contributed by atoms with E-state index in [0.29, 0.717) is 22.4 Å². The summed E-state index contributed by atoms with van der Waals surface area (Å²) in [5.41, 5.74) is 7.19. The first-order chi connectivity index (χ1) is 12.0. The Balaban J connectivity index is 1.78. The minimum Gasteiger partial charge on any atom is -0.467 e. The van der Waals surface area contributed by atoms with Crippen LogP contribution in [0.25, 0.3) is 0 Å². The molecule has 0 spiro atoms. The second-order valence-corrected chi connectivity index (χ2v) is 5.22. The van der Waals surface area contributed by atoms with Gasteiger partial charge in [-0.25, -0.2) is 4.39 Å². The number of hydrogen-bond acceptors (Lipinski definition) is 6. The van der Waals surface area contributed by atoms with Crippen molar-refractivity contribution in [1.82, 2.24) is 0 Å². The third-order valence-electron chi connectivity index (χ3n) is 3.51. The van der Waals surface area contributed by atoms with Gasteiger partial charge < -0.3 is 20.0 Å². The zero-order valence-electron chi connectivity index (χ0n) is 13.0. The Morgan fingerprint density at radius 3 is 2.84 bits per heavy atom. The van der Waals surface area contributed by atoms with Crippen molar-refractivity contribution in [3.05, 3.63) is 69.0 Å². The Kier molecular flexibility index (Phi) is 4.75. The van der Waals surface area contributed by atoms with E-state index < -0.39 is 4.92 Å². The summed E-state index contributed by atoms with van der Waals surface area (Å²) in [5, 5.41) is 14.8. The van der Waals surface area contributed by atoms with Gasteiger partial charge in [0.2, 0.25) is 0 Å². The lowest BCUT2D eigenvalue weighted by atomic mass is 10.1. The Hall–Kier alpha value is -3.20. The number of fused-ring (bicyclic) bond motifs is 1. The highest BCUT2D eigenvalue weighted by Gasteiger charge is 2.21. The lowest BCUT2D eigenvalue weighted by Crippen LogP contribution is -2.15. The number of amidine groups is 1. The summed E-state index contributed by atoms with van der Waals surface area (Å²) in [5.74, 6) is 0.149. The number of nitro benzene ring substituents is 1. The van der Waals surface area contributed by atoms with Crippen LogP contribution in [0.2, 0.25) is 0 Å². The number of hydrogen-bond donors (Lipinski definition) is 1. The largest absolute Gasteiger partial charge is 0.467 e. The van der Waals surface area contributed by atoms with Crippen LogP contribution in [0.4, 0.5) is 10.1 Å². The first-order valence-electron chi connectivity index (χ1n) is 7.26. The van der Waals surface area contributed by atoms with Crippen LogP contribution in [0, 0.1) is 15.9 Å². The van der Waals surface area contributed by atoms with Crippen molar-refractivity contribution in [2.45, 2.75) is 13.2 Å². The lowest BCUT2D eigenvalue weighted by Gasteiger charge is -2.20. The highest BCUT2D eigenvalue weighted by atomic mass is 19.1. The molecule has 3 rings (SSSR count). The summed E-state index contributed by atoms with van der Waals surface area (Å²) in [6, 6.07) is 8.19. The fourth-order valence-electron chi connectivity index (χ4n) is 2.34. The van der Waals surface area contributed by atoms with Crippen LogP contribution in [0.1, 0.15) is 16.7 Å². The molecule has 0 aliphatic carbocycles. The molecule has 0 bridgehead atoms. The molecular weight excluding hydrogens is 333 g/mol. The summed E-state index contributed by atoms with van der Waals surface area (Å²) in [6.45, 7) is 0.190. The number of nitro groups is 1. The van der Waals surface area contributed by atoms with E-state index >= 15 is 0 Å². The molecule has 9 heteroatoms. The van der Waals surface area contributed by atoms with E-state index in [4.69, 9.17) is 20.0 Å². The molecule has 0 saturated carbocycles. The zero-order valence-corrected chi connectivity index (χ0v) is 13.0. The first kappa shape index (κ1) is 16.7. The smallest absolute Gasteiger partial charge is 0.270 e. The molecule has 0 saturated heterocycles. The molecule has 1 aliphatic heterocycles. The van der Waals surface area contributed by atoms with Gasteiger partial charge in [0, 0.05) is 28.8 Å². The van der Waals surface area contributed by atoms with Crippen LogP contribution in [-0.4, -0.2) is 17.6 Å². The van der Waals surface area contributed by atoms with E-state index in [1.165, 1.54) is 36.4 Å². The molecule has 0 radical (unpaired) electrons. The minimum atomic E-state index is -0.505. The number of benzene rings is 2. The van der Waals surface area contributed by atoms with Gasteiger partial charge in [0.15, 0.2) is 12.6 Å². The minimum absolute atomic E-state index is 0.0544. The maximum Gasteiger partial charge on any atom is 0.270 e. The normalized spacial score (nSPS) is 13.7. The third kappa shape index (κ3) is 3.83. The number of oxime groups is 1. The molecular formula is C16H14FN3O5. The Morgan fingerprint density at radius 1 is 1.36 bits per heavy atom. The molecule has 0 atom stereocenters. The number of halogens is 1. The van der Waals surface area contributed by atoms with Gasteiger partial charge in [0.25, 0.3) is 5.69 Å². The molecule has 2 aromatic rings. The molecule has 1 heterocycles. The average Bonchev–Trinajstić information content (AvgIpc) is 2.62. The Labute approximate surface area is 141 Å². The summed E-state index contributed by atoms with van der Waals surface area (Å²) < 4.78 is 23.4. The van der Waals surface area contributed by atoms with Gasteiger partial charge in [0.1, 0.15) is 18.2 Å². The first-order valence-corrected chi connectivity index (χ1v) is 7.26. The summed E-state index contributed by atoms with van der Waals surface area (Å²) in [6.07, 6.45) is 0. The van der Waals surface area contributed by atoms with Gasteiger partial charge in [-0.3, -0.25) is 10.1 Å². The summed E-state index contributed by atoms with van der Waals surface area (Å²) >= 11 is 0. The van der Waals surface area contributed by atoms with Gasteiger partial charge in [-0.05, 0) is 24.3 Å². The lowest BCUT2D eigenvalue weighted by molar-refractivity contribution is -0.385. The SMILES string of the molecule is N/C(=N\OCc1cc([N+](=O)[O-])cc2c1OCOC2)c1ccc(F)cc1. The van der Waals surface area contributed by atoms with Crippen molar-refractivity contribution in [2.24, 2.45) is 10.9 Å². The van der Waals surface area contributed by atoms with E-state index in [1.54, 1.807) is 0 Å². The fourth-order valence-corrected chi connectivity index (χ4v) is 2.34. The highest BCUT2D eigenvalue weighted by Crippen LogP contribution is 2.33. The van der Waals surface area contributed by atoms with Crippen molar-refractivity contribution >= 4 is 11.5 Å². The van der Waals surface area contributed by atoms with Crippen molar-refractivity contribution in [3.8, 4) is 5.75 Å². The standard InChI is InChI=1S/C16H14FN3O5/c17-13-3-1-10(2-4-13)16(18)19-25-8-12-6-14(20(21)22)5-11-7-23-9-24-15(11)12/h1-6H,7-9H2,(H2,18,19). The van der Waals surface area contributed by atoms with Crippen molar-refractivity contribution in [3.63, 3.8) is 0 Å². The summed E-state index contributed by atoms with van der Waals surface area (Å²) in [4.78, 5) is 15.7. The maximum atomic E-state index is 12.9. The molecule has 0 amide bonds. The van der Waals surface area contributed by atoms with Crippen LogP contribution in [-0.2, 0) is 22.8 Å². The van der Waals surface area contributed by atoms with Gasteiger partial charge in [0.05, 0.1) is 11.5 Å². The van der Waals surface area contributed by atoms with Crippen molar-refractivity contribution in [2.75, 3.05) is 6.79 Å². The number of ether oxygens (including phenoxy) is 2. The molecule has 130 valence electrons. The van der Waals surface area contributed by atoms with Gasteiger partial charge in [-0.2, -0.15) is 0 Å². The van der Waals surface area contributed by atoms with E-state index in [1.807, 2.05) is 0 Å². The van der Waals surface area contributed by atoms with Crippen molar-refractivity contribution in [1.29, 1.82) is 0 Å². The monoisotopic (exact) mass is 347 g/mol. The molecule has 2 aromatic carbocycles. The molecule has 0 unspecified atom stereocenters. The van der Waals surface area contributed by atoms with Crippen LogP contribution in [0.15, 0.2) is 41.6 Å².